The van der Waals surface area contributed by atoms with Gasteiger partial charge in [0.2, 0.25) is 0 Å². The summed E-state index contributed by atoms with van der Waals surface area (Å²) in [6.07, 6.45) is 16.1. The molecule has 1 heteroatoms. The van der Waals surface area contributed by atoms with Crippen LogP contribution < -0.4 is 0 Å². The molecule has 0 nitrogen and oxygen atoms in total. The molecule has 0 aromatic rings. The smallest absolute Gasteiger partial charge is 0.0178 e. The molecule has 0 rings (SSSR count). The summed E-state index contributed by atoms with van der Waals surface area (Å²) in [6, 6.07) is 0. The van der Waals surface area contributed by atoms with Crippen molar-refractivity contribution >= 4 is 22.6 Å². The highest BCUT2D eigenvalue weighted by Gasteiger charge is 1.71. The molecule has 0 N–H and O–H groups in total. The Balaban J connectivity index is 3.81. The van der Waals surface area contributed by atoms with Crippen LogP contribution in [0, 0.1) is 0 Å². The van der Waals surface area contributed by atoms with E-state index in [9.17, 15) is 0 Å². The van der Waals surface area contributed by atoms with E-state index < -0.39 is 0 Å². The van der Waals surface area contributed by atoms with Crippen LogP contribution in [0.1, 0.15) is 6.92 Å². The standard InChI is InChI=1S/C12H15I/c1-3-12(2)10-8-6-4-5-7-9-11-13/h3-10H,1,11H2,2H3/b5-4-,8-6+,9-7-,12-10-. The molecule has 0 heterocycles. The highest BCUT2D eigenvalue weighted by Crippen LogP contribution is 1.93. The first-order valence-electron chi connectivity index (χ1n) is 4.16. The topological polar surface area (TPSA) is 0 Å². The summed E-state index contributed by atoms with van der Waals surface area (Å²) in [6.45, 7) is 5.69. The fourth-order valence-corrected chi connectivity index (χ4v) is 0.891. The third-order valence-corrected chi connectivity index (χ3v) is 1.86. The number of halogens is 1. The van der Waals surface area contributed by atoms with E-state index in [-0.39, 0.29) is 0 Å². The van der Waals surface area contributed by atoms with Crippen LogP contribution in [0.25, 0.3) is 0 Å². The van der Waals surface area contributed by atoms with Crippen molar-refractivity contribution in [3.05, 3.63) is 60.8 Å². The van der Waals surface area contributed by atoms with E-state index in [1.54, 1.807) is 0 Å². The quantitative estimate of drug-likeness (QED) is 0.403. The van der Waals surface area contributed by atoms with Gasteiger partial charge in [0.1, 0.15) is 0 Å². The normalized spacial score (nSPS) is 13.5. The summed E-state index contributed by atoms with van der Waals surface area (Å²) in [4.78, 5) is 0. The third kappa shape index (κ3) is 9.34. The van der Waals surface area contributed by atoms with Crippen molar-refractivity contribution in [2.24, 2.45) is 0 Å². The van der Waals surface area contributed by atoms with Crippen molar-refractivity contribution in [2.45, 2.75) is 6.92 Å². The summed E-state index contributed by atoms with van der Waals surface area (Å²) < 4.78 is 1.06. The van der Waals surface area contributed by atoms with Crippen molar-refractivity contribution in [3.63, 3.8) is 0 Å². The molecule has 0 aliphatic heterocycles. The van der Waals surface area contributed by atoms with E-state index in [1.165, 1.54) is 5.57 Å². The fraction of sp³-hybridized carbons (Fsp3) is 0.167. The van der Waals surface area contributed by atoms with E-state index in [1.807, 2.05) is 49.5 Å². The zero-order valence-electron chi connectivity index (χ0n) is 7.91. The molecule has 0 unspecified atom stereocenters. The Morgan fingerprint density at radius 3 is 2.38 bits per heavy atom. The number of hydrogen-bond donors (Lipinski definition) is 0. The Bertz CT molecular complexity index is 242. The van der Waals surface area contributed by atoms with Gasteiger partial charge >= 0.3 is 0 Å². The highest BCUT2D eigenvalue weighted by molar-refractivity contribution is 14.1. The summed E-state index contributed by atoms with van der Waals surface area (Å²) >= 11 is 2.31. The molecule has 0 fully saturated rings. The number of alkyl halides is 1. The van der Waals surface area contributed by atoms with E-state index >= 15 is 0 Å². The first-order chi connectivity index (χ1) is 6.31. The van der Waals surface area contributed by atoms with E-state index in [0.717, 1.165) is 4.43 Å². The minimum atomic E-state index is 1.06. The van der Waals surface area contributed by atoms with Gasteiger partial charge in [0.05, 0.1) is 0 Å². The highest BCUT2D eigenvalue weighted by atomic mass is 127. The van der Waals surface area contributed by atoms with E-state index in [0.29, 0.717) is 0 Å². The van der Waals surface area contributed by atoms with Crippen LogP contribution in [0.5, 0.6) is 0 Å². The maximum absolute atomic E-state index is 3.67. The van der Waals surface area contributed by atoms with Gasteiger partial charge < -0.3 is 0 Å². The van der Waals surface area contributed by atoms with Gasteiger partial charge in [-0.2, -0.15) is 0 Å². The molecule has 13 heavy (non-hydrogen) atoms. The summed E-state index contributed by atoms with van der Waals surface area (Å²) in [5.41, 5.74) is 1.17. The number of allylic oxidation sites excluding steroid dienone is 9. The molecule has 70 valence electrons. The Kier molecular flexibility index (Phi) is 9.10. The van der Waals surface area contributed by atoms with Gasteiger partial charge in [-0.3, -0.25) is 0 Å². The molecule has 0 bridgehead atoms. The average molecular weight is 286 g/mol. The van der Waals surface area contributed by atoms with Crippen LogP contribution in [0.4, 0.5) is 0 Å². The Morgan fingerprint density at radius 1 is 1.15 bits per heavy atom. The van der Waals surface area contributed by atoms with Crippen molar-refractivity contribution in [2.75, 3.05) is 4.43 Å². The largest absolute Gasteiger partial charge is 0.0988 e. The lowest BCUT2D eigenvalue weighted by molar-refractivity contribution is 1.53. The summed E-state index contributed by atoms with van der Waals surface area (Å²) in [5.74, 6) is 0. The molecular formula is C12H15I. The molecular weight excluding hydrogens is 271 g/mol. The van der Waals surface area contributed by atoms with E-state index in [4.69, 9.17) is 0 Å². The lowest BCUT2D eigenvalue weighted by Gasteiger charge is -1.82. The van der Waals surface area contributed by atoms with Crippen LogP contribution in [0.15, 0.2) is 60.8 Å². The maximum Gasteiger partial charge on any atom is 0.0178 e. The minimum absolute atomic E-state index is 1.06. The van der Waals surface area contributed by atoms with Gasteiger partial charge in [0, 0.05) is 4.43 Å². The second-order valence-corrected chi connectivity index (χ2v) is 3.35. The molecule has 0 saturated heterocycles. The van der Waals surface area contributed by atoms with Crippen LogP contribution in [-0.4, -0.2) is 4.43 Å². The predicted molar refractivity (Wildman–Crippen MR) is 70.3 cm³/mol. The molecule has 0 saturated carbocycles. The van der Waals surface area contributed by atoms with Gasteiger partial charge in [-0.05, 0) is 6.92 Å². The van der Waals surface area contributed by atoms with Gasteiger partial charge in [-0.15, -0.1) is 0 Å². The monoisotopic (exact) mass is 286 g/mol. The molecule has 0 aliphatic rings. The van der Waals surface area contributed by atoms with Gasteiger partial charge in [-0.25, -0.2) is 0 Å². The zero-order chi connectivity index (χ0) is 9.94. The second kappa shape index (κ2) is 9.52. The van der Waals surface area contributed by atoms with Crippen LogP contribution in [-0.2, 0) is 0 Å². The van der Waals surface area contributed by atoms with Crippen molar-refractivity contribution in [3.8, 4) is 0 Å². The van der Waals surface area contributed by atoms with Crippen LogP contribution >= 0.6 is 22.6 Å². The second-order valence-electron chi connectivity index (χ2n) is 2.47. The zero-order valence-corrected chi connectivity index (χ0v) is 10.1. The van der Waals surface area contributed by atoms with E-state index in [2.05, 4.69) is 35.2 Å². The minimum Gasteiger partial charge on any atom is -0.0988 e. The summed E-state index contributed by atoms with van der Waals surface area (Å²) in [7, 11) is 0. The van der Waals surface area contributed by atoms with Crippen LogP contribution in [0.2, 0.25) is 0 Å². The molecule has 0 aromatic heterocycles. The Hall–Kier alpha value is -0.570. The van der Waals surface area contributed by atoms with Crippen molar-refractivity contribution < 1.29 is 0 Å². The molecule has 0 atom stereocenters. The first-order valence-corrected chi connectivity index (χ1v) is 5.69. The fourth-order valence-electron chi connectivity index (χ4n) is 0.598. The number of hydrogen-bond acceptors (Lipinski definition) is 0. The van der Waals surface area contributed by atoms with Crippen molar-refractivity contribution in [1.82, 2.24) is 0 Å². The lowest BCUT2D eigenvalue weighted by Crippen LogP contribution is -1.61. The molecule has 0 aliphatic carbocycles. The molecule has 0 radical (unpaired) electrons. The third-order valence-electron chi connectivity index (χ3n) is 1.35. The average Bonchev–Trinajstić information content (AvgIpc) is 2.16. The van der Waals surface area contributed by atoms with Crippen molar-refractivity contribution in [1.29, 1.82) is 0 Å². The molecule has 0 aromatic carbocycles. The first kappa shape index (κ1) is 12.4. The number of rotatable bonds is 5. The van der Waals surface area contributed by atoms with Crippen LogP contribution in [0.3, 0.4) is 0 Å². The Labute approximate surface area is 94.6 Å². The molecule has 0 amide bonds. The molecule has 0 spiro atoms. The summed E-state index contributed by atoms with van der Waals surface area (Å²) in [5, 5.41) is 0. The lowest BCUT2D eigenvalue weighted by atomic mass is 10.2. The maximum atomic E-state index is 3.67. The SMILES string of the molecule is C=C\C(C)=C/C=C/C=C\C=C/CI. The van der Waals surface area contributed by atoms with Gasteiger partial charge in [0.15, 0.2) is 0 Å². The Morgan fingerprint density at radius 2 is 1.77 bits per heavy atom. The van der Waals surface area contributed by atoms with Gasteiger partial charge in [-0.1, -0.05) is 83.4 Å². The predicted octanol–water partition coefficient (Wildman–Crippen LogP) is 4.22. The van der Waals surface area contributed by atoms with Gasteiger partial charge in [0.25, 0.3) is 0 Å².